The number of para-hydroxylation sites is 1. The van der Waals surface area contributed by atoms with Crippen LogP contribution in [-0.4, -0.2) is 15.0 Å². The maximum Gasteiger partial charge on any atom is 0.122 e. The van der Waals surface area contributed by atoms with Crippen molar-refractivity contribution in [3.05, 3.63) is 210 Å². The molecule has 0 bridgehead atoms. The third-order valence-electron chi connectivity index (χ3n) is 11.9. The number of hydrogen-bond acceptors (Lipinski definition) is 2. The van der Waals surface area contributed by atoms with Crippen LogP contribution in [0.1, 0.15) is 22.3 Å². The summed E-state index contributed by atoms with van der Waals surface area (Å²) in [4.78, 5) is 1.75. The van der Waals surface area contributed by atoms with Crippen molar-refractivity contribution >= 4 is 32.6 Å². The van der Waals surface area contributed by atoms with Crippen LogP contribution in [0.3, 0.4) is 0 Å². The van der Waals surface area contributed by atoms with Gasteiger partial charge in [-0.2, -0.15) is 4.80 Å². The van der Waals surface area contributed by atoms with E-state index in [1.807, 2.05) is 30.3 Å². The normalized spacial score (nSPS) is 13.3. The minimum absolute atomic E-state index is 0.361. The van der Waals surface area contributed by atoms with Crippen LogP contribution >= 0.6 is 0 Å². The summed E-state index contributed by atoms with van der Waals surface area (Å²) in [5.74, 6) is 0. The van der Waals surface area contributed by atoms with E-state index in [-0.39, 0.29) is 5.41 Å². The molecule has 0 N–H and O–H groups in total. The summed E-state index contributed by atoms with van der Waals surface area (Å²) in [6, 6.07) is 68.7. The Hall–Kier alpha value is -7.10. The van der Waals surface area contributed by atoms with Gasteiger partial charge >= 0.3 is 0 Å². The van der Waals surface area contributed by atoms with E-state index in [0.29, 0.717) is 0 Å². The number of nitrogens with zero attached hydrogens (tertiary/aromatic N) is 3. The Balaban J connectivity index is 1.04. The second kappa shape index (κ2) is 11.0. The van der Waals surface area contributed by atoms with Crippen LogP contribution in [0, 0.1) is 0 Å². The molecule has 12 rings (SSSR count). The SMILES string of the molecule is c1ccc(-n2nc3ccc4ccc5ccc(-c6cccc(-c7cccc8c7-c7ccccc7C87c8ccccc8-c8ccccc87)c6)cc5c4c3n2)cc1. The van der Waals surface area contributed by atoms with Gasteiger partial charge in [0.1, 0.15) is 11.0 Å². The molecule has 10 aromatic rings. The first kappa shape index (κ1) is 29.5. The van der Waals surface area contributed by atoms with E-state index in [4.69, 9.17) is 10.2 Å². The summed E-state index contributed by atoms with van der Waals surface area (Å²) < 4.78 is 0. The predicted octanol–water partition coefficient (Wildman–Crippen LogP) is 12.4. The van der Waals surface area contributed by atoms with E-state index in [1.165, 1.54) is 77.5 Å². The highest BCUT2D eigenvalue weighted by Gasteiger charge is 2.51. The fourth-order valence-electron chi connectivity index (χ4n) is 9.62. The first-order chi connectivity index (χ1) is 26.8. The minimum Gasteiger partial charge on any atom is -0.150 e. The molecule has 0 aliphatic heterocycles. The van der Waals surface area contributed by atoms with Gasteiger partial charge < -0.3 is 0 Å². The van der Waals surface area contributed by atoms with Gasteiger partial charge in [0.15, 0.2) is 0 Å². The van der Waals surface area contributed by atoms with Gasteiger partial charge in [0.2, 0.25) is 0 Å². The smallest absolute Gasteiger partial charge is 0.122 e. The van der Waals surface area contributed by atoms with Crippen molar-refractivity contribution in [1.82, 2.24) is 15.0 Å². The number of hydrogen-bond donors (Lipinski definition) is 0. The zero-order valence-electron chi connectivity index (χ0n) is 29.2. The lowest BCUT2D eigenvalue weighted by atomic mass is 9.70. The molecule has 54 heavy (non-hydrogen) atoms. The van der Waals surface area contributed by atoms with Gasteiger partial charge in [-0.15, -0.1) is 10.2 Å². The van der Waals surface area contributed by atoms with Crippen LogP contribution in [0.25, 0.3) is 82.8 Å². The molecule has 0 unspecified atom stereocenters. The maximum atomic E-state index is 5.03. The molecule has 2 aliphatic carbocycles. The maximum absolute atomic E-state index is 5.03. The molecule has 0 fully saturated rings. The van der Waals surface area contributed by atoms with Crippen LogP contribution in [-0.2, 0) is 5.41 Å². The highest BCUT2D eigenvalue weighted by molar-refractivity contribution is 6.19. The van der Waals surface area contributed by atoms with Crippen molar-refractivity contribution in [2.45, 2.75) is 5.41 Å². The average Bonchev–Trinajstić information content (AvgIpc) is 3.91. The highest BCUT2D eigenvalue weighted by atomic mass is 15.5. The summed E-state index contributed by atoms with van der Waals surface area (Å²) in [6.45, 7) is 0. The second-order valence-electron chi connectivity index (χ2n) is 14.6. The summed E-state index contributed by atoms with van der Waals surface area (Å²) in [5.41, 5.74) is 17.9. The molecule has 3 heteroatoms. The Morgan fingerprint density at radius 1 is 0.389 bits per heavy atom. The highest BCUT2D eigenvalue weighted by Crippen LogP contribution is 2.63. The molecule has 0 radical (unpaired) electrons. The zero-order valence-corrected chi connectivity index (χ0v) is 29.2. The molecule has 0 amide bonds. The van der Waals surface area contributed by atoms with Crippen LogP contribution in [0.5, 0.6) is 0 Å². The van der Waals surface area contributed by atoms with Crippen LogP contribution < -0.4 is 0 Å². The van der Waals surface area contributed by atoms with Crippen molar-refractivity contribution in [2.75, 3.05) is 0 Å². The molecular formula is C51H31N3. The van der Waals surface area contributed by atoms with E-state index in [9.17, 15) is 0 Å². The van der Waals surface area contributed by atoms with Crippen molar-refractivity contribution in [3.63, 3.8) is 0 Å². The quantitative estimate of drug-likeness (QED) is 0.173. The van der Waals surface area contributed by atoms with E-state index in [0.717, 1.165) is 27.5 Å². The Morgan fingerprint density at radius 2 is 0.963 bits per heavy atom. The summed E-state index contributed by atoms with van der Waals surface area (Å²) in [7, 11) is 0. The Kier molecular flexibility index (Phi) is 5.98. The first-order valence-electron chi connectivity index (χ1n) is 18.6. The second-order valence-corrected chi connectivity index (χ2v) is 14.6. The van der Waals surface area contributed by atoms with Crippen molar-refractivity contribution in [3.8, 4) is 50.2 Å². The lowest BCUT2D eigenvalue weighted by Gasteiger charge is -2.30. The van der Waals surface area contributed by atoms with Crippen LogP contribution in [0.2, 0.25) is 0 Å². The summed E-state index contributed by atoms with van der Waals surface area (Å²) >= 11 is 0. The van der Waals surface area contributed by atoms with Crippen LogP contribution in [0.4, 0.5) is 0 Å². The number of rotatable bonds is 3. The van der Waals surface area contributed by atoms with Gasteiger partial charge in [0.05, 0.1) is 11.1 Å². The van der Waals surface area contributed by atoms with Crippen LogP contribution in [0.15, 0.2) is 188 Å². The molecule has 0 saturated carbocycles. The molecule has 1 spiro atoms. The van der Waals surface area contributed by atoms with E-state index in [1.54, 1.807) is 4.80 Å². The van der Waals surface area contributed by atoms with E-state index >= 15 is 0 Å². The van der Waals surface area contributed by atoms with E-state index < -0.39 is 0 Å². The Bertz CT molecular complexity index is 3130. The zero-order chi connectivity index (χ0) is 35.4. The molecule has 9 aromatic carbocycles. The third-order valence-corrected chi connectivity index (χ3v) is 11.9. The van der Waals surface area contributed by atoms with Gasteiger partial charge in [-0.1, -0.05) is 158 Å². The van der Waals surface area contributed by atoms with Gasteiger partial charge in [0, 0.05) is 5.39 Å². The first-order valence-corrected chi connectivity index (χ1v) is 18.6. The Labute approximate surface area is 312 Å². The summed E-state index contributed by atoms with van der Waals surface area (Å²) in [5, 5.41) is 14.5. The van der Waals surface area contributed by atoms with Gasteiger partial charge in [0.25, 0.3) is 0 Å². The molecule has 0 saturated heterocycles. The molecule has 250 valence electrons. The number of aromatic nitrogens is 3. The predicted molar refractivity (Wildman–Crippen MR) is 221 cm³/mol. The number of fused-ring (bicyclic) bond motifs is 15. The fourth-order valence-corrected chi connectivity index (χ4v) is 9.62. The van der Waals surface area contributed by atoms with E-state index in [2.05, 4.69) is 158 Å². The molecule has 1 heterocycles. The fraction of sp³-hybridized carbons (Fsp3) is 0.0196. The average molecular weight is 686 g/mol. The molecule has 2 aliphatic rings. The molecular weight excluding hydrogens is 655 g/mol. The monoisotopic (exact) mass is 685 g/mol. The lowest BCUT2D eigenvalue weighted by Crippen LogP contribution is -2.25. The molecule has 0 atom stereocenters. The van der Waals surface area contributed by atoms with Crippen molar-refractivity contribution in [2.24, 2.45) is 0 Å². The third kappa shape index (κ3) is 3.90. The van der Waals surface area contributed by atoms with Crippen molar-refractivity contribution in [1.29, 1.82) is 0 Å². The molecule has 3 nitrogen and oxygen atoms in total. The standard InChI is InChI=1S/C51H31N3/c1-2-14-37(15-3-1)54-52-47-29-28-33-26-24-32-25-27-35(31-42(32)48(33)50(47)53-54)34-12-10-13-36(30-34)38-19-11-23-46-49(38)41-18-6-9-22-45(41)51(46)43-20-7-4-16-39(43)40-17-5-8-21-44(40)51/h1-31H. The minimum atomic E-state index is -0.361. The van der Waals surface area contributed by atoms with Crippen molar-refractivity contribution < 1.29 is 0 Å². The Morgan fingerprint density at radius 3 is 1.76 bits per heavy atom. The largest absolute Gasteiger partial charge is 0.150 e. The topological polar surface area (TPSA) is 30.7 Å². The molecule has 1 aromatic heterocycles. The summed E-state index contributed by atoms with van der Waals surface area (Å²) in [6.07, 6.45) is 0. The van der Waals surface area contributed by atoms with Gasteiger partial charge in [-0.25, -0.2) is 0 Å². The lowest BCUT2D eigenvalue weighted by molar-refractivity contribution is 0.766. The number of benzene rings is 9. The van der Waals surface area contributed by atoms with Gasteiger partial charge in [-0.05, 0) is 113 Å². The van der Waals surface area contributed by atoms with Gasteiger partial charge in [-0.3, -0.25) is 0 Å².